The fraction of sp³-hybridized carbons (Fsp3) is 0.0455. The Morgan fingerprint density at radius 1 is 0.696 bits per heavy atom. The van der Waals surface area contributed by atoms with Gasteiger partial charge in [-0.3, -0.25) is 0 Å². The van der Waals surface area contributed by atoms with Crippen molar-refractivity contribution in [3.8, 4) is 22.3 Å². The van der Waals surface area contributed by atoms with Crippen molar-refractivity contribution >= 4 is 10.8 Å². The zero-order chi connectivity index (χ0) is 14.9. The maximum Gasteiger partial charge on any atom is 0 e. The van der Waals surface area contributed by atoms with Crippen molar-refractivity contribution in [2.45, 2.75) is 6.92 Å². The molecule has 0 radical (unpaired) electrons. The van der Waals surface area contributed by atoms with Crippen molar-refractivity contribution in [1.29, 1.82) is 0 Å². The van der Waals surface area contributed by atoms with Crippen LogP contribution in [0.3, 0.4) is 0 Å². The van der Waals surface area contributed by atoms with E-state index >= 15 is 0 Å². The Balaban J connectivity index is 0.00000156. The van der Waals surface area contributed by atoms with Crippen LogP contribution in [0.15, 0.2) is 84.9 Å². The molecule has 23 heavy (non-hydrogen) atoms. The van der Waals surface area contributed by atoms with Gasteiger partial charge in [-0.25, -0.2) is 0 Å². The monoisotopic (exact) mass is 371 g/mol. The molecule has 0 heterocycles. The molecule has 0 unspecified atom stereocenters. The van der Waals surface area contributed by atoms with Gasteiger partial charge in [-0.15, -0.1) is 34.5 Å². The third-order valence-electron chi connectivity index (χ3n) is 4.22. The second-order valence-corrected chi connectivity index (χ2v) is 5.78. The van der Waals surface area contributed by atoms with E-state index in [4.69, 9.17) is 0 Å². The number of aryl methyl sites for hydroxylation is 1. The molecule has 0 aliphatic heterocycles. The summed E-state index contributed by atoms with van der Waals surface area (Å²) in [4.78, 5) is 0. The molecule has 0 nitrogen and oxygen atoms in total. The number of benzene rings is 3. The first-order chi connectivity index (χ1) is 10.8. The summed E-state index contributed by atoms with van der Waals surface area (Å²) in [6.07, 6.45) is 0. The van der Waals surface area contributed by atoms with Gasteiger partial charge in [0.05, 0.1) is 0 Å². The molecule has 1 heteroatoms. The van der Waals surface area contributed by atoms with Gasteiger partial charge in [0.15, 0.2) is 0 Å². The summed E-state index contributed by atoms with van der Waals surface area (Å²) in [6.45, 7) is 2.13. The van der Waals surface area contributed by atoms with Crippen LogP contribution < -0.4 is 0 Å². The summed E-state index contributed by atoms with van der Waals surface area (Å²) in [6, 6.07) is 30.5. The predicted molar refractivity (Wildman–Crippen MR) is 95.2 cm³/mol. The predicted octanol–water partition coefficient (Wildman–Crippen LogP) is 6.20. The zero-order valence-electron chi connectivity index (χ0n) is 13.1. The van der Waals surface area contributed by atoms with Crippen LogP contribution in [0.1, 0.15) is 5.56 Å². The van der Waals surface area contributed by atoms with Gasteiger partial charge in [-0.05, 0) is 12.5 Å². The van der Waals surface area contributed by atoms with Crippen molar-refractivity contribution in [3.05, 3.63) is 90.5 Å². The number of fused-ring (bicyclic) bond motifs is 1. The first-order valence-corrected chi connectivity index (χ1v) is 7.63. The minimum absolute atomic E-state index is 0. The fourth-order valence-corrected chi connectivity index (χ4v) is 3.02. The van der Waals surface area contributed by atoms with Crippen LogP contribution in [0.2, 0.25) is 0 Å². The average Bonchev–Trinajstić information content (AvgIpc) is 3.01. The first kappa shape index (κ1) is 16.0. The van der Waals surface area contributed by atoms with Gasteiger partial charge in [0.25, 0.3) is 0 Å². The summed E-state index contributed by atoms with van der Waals surface area (Å²) < 4.78 is 0. The minimum atomic E-state index is 0. The molecular formula is C22H17Zr-. The second kappa shape index (κ2) is 6.73. The normalized spacial score (nSPS) is 10.5. The van der Waals surface area contributed by atoms with Crippen LogP contribution in [0.5, 0.6) is 0 Å². The van der Waals surface area contributed by atoms with Gasteiger partial charge in [-0.2, -0.15) is 0 Å². The molecule has 0 atom stereocenters. The Labute approximate surface area is 156 Å². The molecule has 4 aromatic rings. The Kier molecular flexibility index (Phi) is 4.69. The average molecular weight is 373 g/mol. The smallest absolute Gasteiger partial charge is 0 e. The van der Waals surface area contributed by atoms with Crippen molar-refractivity contribution in [3.63, 3.8) is 0 Å². The van der Waals surface area contributed by atoms with Crippen LogP contribution in [0.4, 0.5) is 0 Å². The Morgan fingerprint density at radius 3 is 2.17 bits per heavy atom. The summed E-state index contributed by atoms with van der Waals surface area (Å²) in [5, 5.41) is 2.63. The Morgan fingerprint density at radius 2 is 1.43 bits per heavy atom. The third-order valence-corrected chi connectivity index (χ3v) is 4.22. The van der Waals surface area contributed by atoms with Crippen LogP contribution in [-0.4, -0.2) is 0 Å². The summed E-state index contributed by atoms with van der Waals surface area (Å²) in [5.41, 5.74) is 6.44. The first-order valence-electron chi connectivity index (χ1n) is 7.63. The topological polar surface area (TPSA) is 0 Å². The largest absolute Gasteiger partial charge is 0.144 e. The molecule has 0 spiro atoms. The van der Waals surface area contributed by atoms with Crippen molar-refractivity contribution in [1.82, 2.24) is 0 Å². The van der Waals surface area contributed by atoms with Gasteiger partial charge in [-0.1, -0.05) is 83.4 Å². The molecule has 0 amide bonds. The molecule has 4 aromatic carbocycles. The molecular weight excluding hydrogens is 355 g/mol. The van der Waals surface area contributed by atoms with Crippen molar-refractivity contribution in [2.24, 2.45) is 0 Å². The van der Waals surface area contributed by atoms with Gasteiger partial charge in [0, 0.05) is 26.2 Å². The summed E-state index contributed by atoms with van der Waals surface area (Å²) in [7, 11) is 0. The number of rotatable bonds is 2. The fourth-order valence-electron chi connectivity index (χ4n) is 3.02. The molecule has 110 valence electrons. The van der Waals surface area contributed by atoms with E-state index in [2.05, 4.69) is 91.9 Å². The maximum atomic E-state index is 2.31. The summed E-state index contributed by atoms with van der Waals surface area (Å²) in [5.74, 6) is 0. The van der Waals surface area contributed by atoms with Crippen molar-refractivity contribution in [2.75, 3.05) is 0 Å². The molecule has 0 aromatic heterocycles. The quantitative estimate of drug-likeness (QED) is 0.368. The van der Waals surface area contributed by atoms with Crippen molar-refractivity contribution < 1.29 is 26.2 Å². The van der Waals surface area contributed by atoms with E-state index in [1.807, 2.05) is 0 Å². The molecule has 0 bridgehead atoms. The van der Waals surface area contributed by atoms with Gasteiger partial charge in [0.1, 0.15) is 0 Å². The van der Waals surface area contributed by atoms with Gasteiger partial charge in [0.2, 0.25) is 0 Å². The molecule has 4 rings (SSSR count). The van der Waals surface area contributed by atoms with Crippen LogP contribution in [-0.2, 0) is 26.2 Å². The maximum absolute atomic E-state index is 2.31. The van der Waals surface area contributed by atoms with Gasteiger partial charge >= 0.3 is 0 Å². The molecule has 0 saturated carbocycles. The van der Waals surface area contributed by atoms with E-state index in [-0.39, 0.29) is 26.2 Å². The van der Waals surface area contributed by atoms with Gasteiger partial charge < -0.3 is 0 Å². The second-order valence-electron chi connectivity index (χ2n) is 5.78. The number of hydrogen-bond acceptors (Lipinski definition) is 0. The van der Waals surface area contributed by atoms with E-state index in [1.165, 1.54) is 38.6 Å². The number of hydrogen-bond donors (Lipinski definition) is 0. The summed E-state index contributed by atoms with van der Waals surface area (Å²) >= 11 is 0. The molecule has 0 N–H and O–H groups in total. The van der Waals surface area contributed by atoms with E-state index in [9.17, 15) is 0 Å². The van der Waals surface area contributed by atoms with Crippen LogP contribution in [0.25, 0.3) is 33.0 Å². The standard InChI is InChI=1S/C22H17.Zr/c1-16-10-12-18(13-11-16)21-9-5-8-19-14-20(15-22(19)21)17-6-3-2-4-7-17;/h2-15H,1H3;/q-1;. The molecule has 0 aliphatic carbocycles. The third kappa shape index (κ3) is 3.12. The van der Waals surface area contributed by atoms with E-state index < -0.39 is 0 Å². The Hall–Kier alpha value is -1.85. The van der Waals surface area contributed by atoms with E-state index in [1.54, 1.807) is 0 Å². The SMILES string of the molecule is Cc1ccc(-c2cccc3[cH-]c(-c4ccccc4)cc23)cc1.[Zr]. The molecule has 0 fully saturated rings. The Bertz CT molecular complexity index is 915. The van der Waals surface area contributed by atoms with E-state index in [0.717, 1.165) is 0 Å². The zero-order valence-corrected chi connectivity index (χ0v) is 15.5. The minimum Gasteiger partial charge on any atom is -0.144 e. The van der Waals surface area contributed by atoms with Crippen LogP contribution in [0, 0.1) is 6.92 Å². The molecule has 0 saturated heterocycles. The van der Waals surface area contributed by atoms with E-state index in [0.29, 0.717) is 0 Å². The molecule has 0 aliphatic rings. The van der Waals surface area contributed by atoms with Crippen LogP contribution >= 0.6 is 0 Å².